The van der Waals surface area contributed by atoms with Gasteiger partial charge in [0.25, 0.3) is 5.91 Å². The van der Waals surface area contributed by atoms with Gasteiger partial charge in [0, 0.05) is 18.0 Å². The van der Waals surface area contributed by atoms with Crippen LogP contribution >= 0.6 is 24.2 Å². The highest BCUT2D eigenvalue weighted by molar-refractivity contribution is 7.98. The van der Waals surface area contributed by atoms with Crippen molar-refractivity contribution in [1.29, 1.82) is 0 Å². The normalized spacial score (nSPS) is 9.53. The Balaban J connectivity index is 0.00000256. The van der Waals surface area contributed by atoms with E-state index in [1.54, 1.807) is 11.8 Å². The number of carbonyl (C=O) groups excluding carboxylic acids is 1. The fraction of sp³-hybridized carbons (Fsp3) is 0.417. The minimum absolute atomic E-state index is 0. The standard InChI is InChI=1S/C12H18N2OS.ClH/c1-3-13-8-9-14-12(15)10-6-4-5-7-11(10)16-2;/h4-7,13H,3,8-9H2,1-2H3,(H,14,15);1H. The zero-order chi connectivity index (χ0) is 11.8. The lowest BCUT2D eigenvalue weighted by Crippen LogP contribution is -2.31. The van der Waals surface area contributed by atoms with Crippen LogP contribution in [0.15, 0.2) is 29.2 Å². The summed E-state index contributed by atoms with van der Waals surface area (Å²) < 4.78 is 0. The van der Waals surface area contributed by atoms with Gasteiger partial charge >= 0.3 is 0 Å². The lowest BCUT2D eigenvalue weighted by Gasteiger charge is -2.08. The Hall–Kier alpha value is -0.710. The van der Waals surface area contributed by atoms with Crippen molar-refractivity contribution in [3.05, 3.63) is 29.8 Å². The summed E-state index contributed by atoms with van der Waals surface area (Å²) in [6, 6.07) is 7.65. The SMILES string of the molecule is CCNCCNC(=O)c1ccccc1SC.Cl. The van der Waals surface area contributed by atoms with E-state index in [2.05, 4.69) is 10.6 Å². The molecule has 1 aromatic carbocycles. The molecule has 1 rings (SSSR count). The number of nitrogens with one attached hydrogen (secondary N) is 2. The monoisotopic (exact) mass is 274 g/mol. The van der Waals surface area contributed by atoms with Crippen LogP contribution in [-0.4, -0.2) is 31.8 Å². The van der Waals surface area contributed by atoms with Crippen molar-refractivity contribution >= 4 is 30.1 Å². The Kier molecular flexibility index (Phi) is 8.94. The summed E-state index contributed by atoms with van der Waals surface area (Å²) in [6.07, 6.45) is 1.98. The average Bonchev–Trinajstić information content (AvgIpc) is 2.34. The van der Waals surface area contributed by atoms with Gasteiger partial charge in [-0.15, -0.1) is 24.2 Å². The van der Waals surface area contributed by atoms with Crippen molar-refractivity contribution in [3.63, 3.8) is 0 Å². The van der Waals surface area contributed by atoms with E-state index in [4.69, 9.17) is 0 Å². The molecule has 0 spiro atoms. The number of hydrogen-bond donors (Lipinski definition) is 2. The van der Waals surface area contributed by atoms with Gasteiger partial charge in [-0.3, -0.25) is 4.79 Å². The molecular formula is C12H19ClN2OS. The van der Waals surface area contributed by atoms with Gasteiger partial charge in [0.05, 0.1) is 5.56 Å². The van der Waals surface area contributed by atoms with E-state index < -0.39 is 0 Å². The second-order valence-electron chi connectivity index (χ2n) is 3.31. The molecule has 0 atom stereocenters. The topological polar surface area (TPSA) is 41.1 Å². The zero-order valence-electron chi connectivity index (χ0n) is 10.2. The van der Waals surface area contributed by atoms with Gasteiger partial charge in [-0.25, -0.2) is 0 Å². The summed E-state index contributed by atoms with van der Waals surface area (Å²) in [5.74, 6) is 0.00264. The Bertz CT molecular complexity index is 347. The van der Waals surface area contributed by atoms with E-state index in [0.717, 1.165) is 23.5 Å². The van der Waals surface area contributed by atoms with Crippen LogP contribution < -0.4 is 10.6 Å². The first-order chi connectivity index (χ1) is 7.79. The maximum atomic E-state index is 11.8. The zero-order valence-corrected chi connectivity index (χ0v) is 11.8. The average molecular weight is 275 g/mol. The molecule has 0 radical (unpaired) electrons. The van der Waals surface area contributed by atoms with Crippen LogP contribution in [0.25, 0.3) is 0 Å². The largest absolute Gasteiger partial charge is 0.351 e. The van der Waals surface area contributed by atoms with E-state index in [9.17, 15) is 4.79 Å². The first kappa shape index (κ1) is 16.3. The number of benzene rings is 1. The van der Waals surface area contributed by atoms with Crippen molar-refractivity contribution in [2.45, 2.75) is 11.8 Å². The van der Waals surface area contributed by atoms with E-state index in [1.165, 1.54) is 0 Å². The number of likely N-dealkylation sites (N-methyl/N-ethyl adjacent to an activating group) is 1. The molecule has 1 aromatic rings. The van der Waals surface area contributed by atoms with Gasteiger partial charge in [-0.1, -0.05) is 19.1 Å². The third kappa shape index (κ3) is 5.44. The Morgan fingerprint density at radius 1 is 1.29 bits per heavy atom. The fourth-order valence-electron chi connectivity index (χ4n) is 1.37. The molecule has 0 unspecified atom stereocenters. The Labute approximate surface area is 113 Å². The molecule has 0 aromatic heterocycles. The summed E-state index contributed by atoms with van der Waals surface area (Å²) in [5, 5.41) is 6.06. The molecule has 2 N–H and O–H groups in total. The summed E-state index contributed by atoms with van der Waals surface area (Å²) in [4.78, 5) is 12.9. The Morgan fingerprint density at radius 3 is 2.65 bits per heavy atom. The van der Waals surface area contributed by atoms with Crippen LogP contribution in [-0.2, 0) is 0 Å². The van der Waals surface area contributed by atoms with E-state index >= 15 is 0 Å². The van der Waals surface area contributed by atoms with Crippen molar-refractivity contribution in [2.75, 3.05) is 25.9 Å². The minimum atomic E-state index is 0. The van der Waals surface area contributed by atoms with Gasteiger partial charge in [0.2, 0.25) is 0 Å². The number of halogens is 1. The molecule has 0 bridgehead atoms. The fourth-order valence-corrected chi connectivity index (χ4v) is 1.96. The predicted molar refractivity (Wildman–Crippen MR) is 76.3 cm³/mol. The number of carbonyl (C=O) groups is 1. The maximum Gasteiger partial charge on any atom is 0.252 e. The first-order valence-electron chi connectivity index (χ1n) is 5.41. The van der Waals surface area contributed by atoms with Gasteiger partial charge in [-0.2, -0.15) is 0 Å². The predicted octanol–water partition coefficient (Wildman–Crippen LogP) is 2.17. The molecular weight excluding hydrogens is 256 g/mol. The quantitative estimate of drug-likeness (QED) is 0.617. The highest BCUT2D eigenvalue weighted by Crippen LogP contribution is 2.19. The molecule has 0 heterocycles. The van der Waals surface area contributed by atoms with Crippen molar-refractivity contribution in [3.8, 4) is 0 Å². The van der Waals surface area contributed by atoms with Gasteiger partial charge in [0.1, 0.15) is 0 Å². The summed E-state index contributed by atoms with van der Waals surface area (Å²) >= 11 is 1.59. The first-order valence-corrected chi connectivity index (χ1v) is 6.64. The second kappa shape index (κ2) is 9.33. The maximum absolute atomic E-state index is 11.8. The molecule has 0 aliphatic carbocycles. The smallest absolute Gasteiger partial charge is 0.252 e. The molecule has 17 heavy (non-hydrogen) atoms. The van der Waals surface area contributed by atoms with E-state index in [1.807, 2.05) is 37.4 Å². The van der Waals surface area contributed by atoms with E-state index in [-0.39, 0.29) is 18.3 Å². The minimum Gasteiger partial charge on any atom is -0.351 e. The molecule has 1 amide bonds. The molecule has 0 saturated carbocycles. The molecule has 0 saturated heterocycles. The third-order valence-corrected chi connectivity index (χ3v) is 2.98. The molecule has 5 heteroatoms. The summed E-state index contributed by atoms with van der Waals surface area (Å²) in [5.41, 5.74) is 0.756. The molecule has 96 valence electrons. The van der Waals surface area contributed by atoms with Crippen LogP contribution in [0.4, 0.5) is 0 Å². The van der Waals surface area contributed by atoms with Gasteiger partial charge in [-0.05, 0) is 24.9 Å². The van der Waals surface area contributed by atoms with Gasteiger partial charge in [0.15, 0.2) is 0 Å². The van der Waals surface area contributed by atoms with Gasteiger partial charge < -0.3 is 10.6 Å². The second-order valence-corrected chi connectivity index (χ2v) is 4.16. The van der Waals surface area contributed by atoms with Crippen LogP contribution in [0.3, 0.4) is 0 Å². The molecule has 0 aliphatic rings. The van der Waals surface area contributed by atoms with Crippen LogP contribution in [0.2, 0.25) is 0 Å². The van der Waals surface area contributed by atoms with Crippen molar-refractivity contribution in [1.82, 2.24) is 10.6 Å². The number of rotatable bonds is 6. The number of thioether (sulfide) groups is 1. The lowest BCUT2D eigenvalue weighted by molar-refractivity contribution is 0.0951. The van der Waals surface area contributed by atoms with Crippen molar-refractivity contribution < 1.29 is 4.79 Å². The lowest BCUT2D eigenvalue weighted by atomic mass is 10.2. The van der Waals surface area contributed by atoms with Crippen LogP contribution in [0.1, 0.15) is 17.3 Å². The number of hydrogen-bond acceptors (Lipinski definition) is 3. The van der Waals surface area contributed by atoms with E-state index in [0.29, 0.717) is 6.54 Å². The van der Waals surface area contributed by atoms with Crippen molar-refractivity contribution in [2.24, 2.45) is 0 Å². The Morgan fingerprint density at radius 2 is 2.00 bits per heavy atom. The number of amides is 1. The van der Waals surface area contributed by atoms with Crippen LogP contribution in [0.5, 0.6) is 0 Å². The summed E-state index contributed by atoms with van der Waals surface area (Å²) in [7, 11) is 0. The van der Waals surface area contributed by atoms with Crippen LogP contribution in [0, 0.1) is 0 Å². The third-order valence-electron chi connectivity index (χ3n) is 2.19. The summed E-state index contributed by atoms with van der Waals surface area (Å²) in [6.45, 7) is 4.45. The molecule has 3 nitrogen and oxygen atoms in total. The molecule has 0 aliphatic heterocycles. The highest BCUT2D eigenvalue weighted by Gasteiger charge is 2.08. The molecule has 0 fully saturated rings. The highest BCUT2D eigenvalue weighted by atomic mass is 35.5.